The first-order valence-corrected chi connectivity index (χ1v) is 15.3. The second-order valence-corrected chi connectivity index (χ2v) is 10.8. The molecule has 244 valence electrons. The van der Waals surface area contributed by atoms with Gasteiger partial charge in [0.25, 0.3) is 0 Å². The molecule has 9 heteroatoms. The molecule has 0 saturated heterocycles. The van der Waals surface area contributed by atoms with Crippen LogP contribution in [0.5, 0.6) is 28.7 Å². The standard InChI is InChI=1S/C39H35NO8/c1-24-31(40-39(47-24)27-9-7-6-8-10-27)19-20-46-29-16-17-30-33(23-29)48-37(26-12-14-28(42-2)15-13-26)36(30)32(41)18-11-25-21-34(43-3)38(45-5)35(22-25)44-4/h6-18,21-23H,19-20H2,1-5H3/b18-11+. The monoisotopic (exact) mass is 645 g/mol. The Hall–Kier alpha value is -5.96. The first-order chi connectivity index (χ1) is 23.4. The lowest BCUT2D eigenvalue weighted by atomic mass is 10.0. The van der Waals surface area contributed by atoms with Gasteiger partial charge in [-0.2, -0.15) is 0 Å². The number of rotatable bonds is 13. The molecule has 0 N–H and O–H groups in total. The Bertz CT molecular complexity index is 2050. The van der Waals surface area contributed by atoms with Gasteiger partial charge in [-0.05, 0) is 79.2 Å². The van der Waals surface area contributed by atoms with Crippen LogP contribution < -0.4 is 23.7 Å². The van der Waals surface area contributed by atoms with Crippen molar-refractivity contribution >= 4 is 22.8 Å². The lowest BCUT2D eigenvalue weighted by molar-refractivity contribution is 0.104. The van der Waals surface area contributed by atoms with Crippen molar-refractivity contribution in [3.8, 4) is 51.5 Å². The molecule has 6 rings (SSSR count). The summed E-state index contributed by atoms with van der Waals surface area (Å²) in [5, 5.41) is 0.660. The van der Waals surface area contributed by atoms with Crippen LogP contribution in [0, 0.1) is 6.92 Å². The SMILES string of the molecule is COc1ccc(-c2oc3cc(OCCc4nc(-c5ccccc5)oc4C)ccc3c2C(=O)/C=C/c2cc(OC)c(OC)c(OC)c2)cc1. The Labute approximate surface area is 278 Å². The third-order valence-corrected chi connectivity index (χ3v) is 7.90. The van der Waals surface area contributed by atoms with Gasteiger partial charge in [-0.3, -0.25) is 4.79 Å². The molecule has 2 aromatic heterocycles. The van der Waals surface area contributed by atoms with E-state index in [4.69, 9.17) is 32.5 Å². The van der Waals surface area contributed by atoms with Gasteiger partial charge in [-0.1, -0.05) is 24.3 Å². The quantitative estimate of drug-likeness (QED) is 0.0902. The fourth-order valence-corrected chi connectivity index (χ4v) is 5.44. The number of benzene rings is 4. The predicted octanol–water partition coefficient (Wildman–Crippen LogP) is 8.62. The largest absolute Gasteiger partial charge is 0.497 e. The predicted molar refractivity (Wildman–Crippen MR) is 184 cm³/mol. The van der Waals surface area contributed by atoms with Gasteiger partial charge in [0.2, 0.25) is 11.6 Å². The Kier molecular flexibility index (Phi) is 9.47. The van der Waals surface area contributed by atoms with Crippen LogP contribution in [0.2, 0.25) is 0 Å². The molecule has 0 aliphatic rings. The molecule has 0 fully saturated rings. The van der Waals surface area contributed by atoms with E-state index in [-0.39, 0.29) is 5.78 Å². The van der Waals surface area contributed by atoms with Crippen LogP contribution >= 0.6 is 0 Å². The maximum Gasteiger partial charge on any atom is 0.226 e. The highest BCUT2D eigenvalue weighted by atomic mass is 16.5. The van der Waals surface area contributed by atoms with E-state index in [1.54, 1.807) is 52.7 Å². The van der Waals surface area contributed by atoms with Crippen LogP contribution in [0.4, 0.5) is 0 Å². The van der Waals surface area contributed by atoms with Gasteiger partial charge in [-0.25, -0.2) is 4.98 Å². The Balaban J connectivity index is 1.28. The van der Waals surface area contributed by atoms with Gasteiger partial charge in [0.1, 0.15) is 28.6 Å². The second kappa shape index (κ2) is 14.2. The minimum Gasteiger partial charge on any atom is -0.497 e. The van der Waals surface area contributed by atoms with Crippen LogP contribution in [0.25, 0.3) is 39.8 Å². The van der Waals surface area contributed by atoms with Crippen LogP contribution in [-0.2, 0) is 6.42 Å². The number of oxazole rings is 1. The Morgan fingerprint density at radius 2 is 1.48 bits per heavy atom. The van der Waals surface area contributed by atoms with Crippen LogP contribution in [-0.4, -0.2) is 45.8 Å². The maximum absolute atomic E-state index is 13.9. The summed E-state index contributed by atoms with van der Waals surface area (Å²) < 4.78 is 40.1. The first kappa shape index (κ1) is 32.0. The Morgan fingerprint density at radius 3 is 2.15 bits per heavy atom. The molecule has 0 radical (unpaired) electrons. The van der Waals surface area contributed by atoms with E-state index in [1.807, 2.05) is 73.7 Å². The van der Waals surface area contributed by atoms with Crippen molar-refractivity contribution in [2.75, 3.05) is 35.0 Å². The number of methoxy groups -OCH3 is 4. The number of fused-ring (bicyclic) bond motifs is 1. The lowest BCUT2D eigenvalue weighted by Gasteiger charge is -2.12. The van der Waals surface area contributed by atoms with Gasteiger partial charge in [0.15, 0.2) is 17.3 Å². The average Bonchev–Trinajstić information content (AvgIpc) is 3.70. The highest BCUT2D eigenvalue weighted by molar-refractivity contribution is 6.18. The average molecular weight is 646 g/mol. The molecule has 0 spiro atoms. The molecule has 0 aliphatic carbocycles. The number of ether oxygens (including phenoxy) is 5. The van der Waals surface area contributed by atoms with E-state index < -0.39 is 0 Å². The van der Waals surface area contributed by atoms with E-state index in [9.17, 15) is 4.79 Å². The summed E-state index contributed by atoms with van der Waals surface area (Å²) in [5.41, 5.74) is 4.14. The summed E-state index contributed by atoms with van der Waals surface area (Å²) in [6.45, 7) is 2.28. The number of hydrogen-bond acceptors (Lipinski definition) is 9. The third kappa shape index (κ3) is 6.62. The molecular weight excluding hydrogens is 610 g/mol. The molecule has 48 heavy (non-hydrogen) atoms. The zero-order chi connectivity index (χ0) is 33.6. The van der Waals surface area contributed by atoms with Crippen molar-refractivity contribution in [3.05, 3.63) is 114 Å². The van der Waals surface area contributed by atoms with Gasteiger partial charge < -0.3 is 32.5 Å². The minimum atomic E-state index is -0.238. The van der Waals surface area contributed by atoms with Crippen molar-refractivity contribution in [3.63, 3.8) is 0 Å². The van der Waals surface area contributed by atoms with Crippen molar-refractivity contribution < 1.29 is 37.3 Å². The summed E-state index contributed by atoms with van der Waals surface area (Å²) in [6, 6.07) is 26.2. The summed E-state index contributed by atoms with van der Waals surface area (Å²) in [4.78, 5) is 18.6. The number of aryl methyl sites for hydroxylation is 1. The molecule has 2 heterocycles. The summed E-state index contributed by atoms with van der Waals surface area (Å²) in [7, 11) is 6.24. The molecule has 9 nitrogen and oxygen atoms in total. The van der Waals surface area contributed by atoms with Gasteiger partial charge in [0.05, 0.1) is 46.3 Å². The molecule has 0 unspecified atom stereocenters. The molecule has 0 atom stereocenters. The van der Waals surface area contributed by atoms with Crippen molar-refractivity contribution in [2.45, 2.75) is 13.3 Å². The van der Waals surface area contributed by atoms with E-state index in [2.05, 4.69) is 4.98 Å². The molecular formula is C39H35NO8. The lowest BCUT2D eigenvalue weighted by Crippen LogP contribution is -2.02. The maximum atomic E-state index is 13.9. The molecule has 0 aliphatic heterocycles. The summed E-state index contributed by atoms with van der Waals surface area (Å²) in [6.07, 6.45) is 3.77. The van der Waals surface area contributed by atoms with Crippen molar-refractivity contribution in [2.24, 2.45) is 0 Å². The van der Waals surface area contributed by atoms with Crippen LogP contribution in [0.1, 0.15) is 27.4 Å². The number of ketones is 1. The van der Waals surface area contributed by atoms with Crippen molar-refractivity contribution in [1.82, 2.24) is 4.98 Å². The highest BCUT2D eigenvalue weighted by Crippen LogP contribution is 2.39. The summed E-state index contributed by atoms with van der Waals surface area (Å²) >= 11 is 0. The topological polar surface area (TPSA) is 102 Å². The summed E-state index contributed by atoms with van der Waals surface area (Å²) in [5.74, 6) is 4.28. The Morgan fingerprint density at radius 1 is 0.771 bits per heavy atom. The number of carbonyl (C=O) groups excluding carboxylic acids is 1. The minimum absolute atomic E-state index is 0.238. The molecule has 6 aromatic rings. The van der Waals surface area contributed by atoms with Crippen LogP contribution in [0.3, 0.4) is 0 Å². The van der Waals surface area contributed by atoms with Gasteiger partial charge in [0, 0.05) is 29.0 Å². The number of aromatic nitrogens is 1. The zero-order valence-corrected chi connectivity index (χ0v) is 27.4. The highest BCUT2D eigenvalue weighted by Gasteiger charge is 2.22. The van der Waals surface area contributed by atoms with Gasteiger partial charge in [-0.15, -0.1) is 0 Å². The zero-order valence-electron chi connectivity index (χ0n) is 27.4. The van der Waals surface area contributed by atoms with E-state index in [0.29, 0.717) is 75.5 Å². The van der Waals surface area contributed by atoms with Crippen LogP contribution in [0.15, 0.2) is 99.8 Å². The number of allylic oxidation sites excluding steroid dienone is 1. The van der Waals surface area contributed by atoms with E-state index >= 15 is 0 Å². The van der Waals surface area contributed by atoms with Gasteiger partial charge >= 0.3 is 0 Å². The molecule has 0 bridgehead atoms. The van der Waals surface area contributed by atoms with E-state index in [1.165, 1.54) is 6.08 Å². The van der Waals surface area contributed by atoms with E-state index in [0.717, 1.165) is 22.6 Å². The molecule has 0 saturated carbocycles. The fourth-order valence-electron chi connectivity index (χ4n) is 5.44. The smallest absolute Gasteiger partial charge is 0.226 e. The number of furan rings is 1. The second-order valence-electron chi connectivity index (χ2n) is 10.8. The first-order valence-electron chi connectivity index (χ1n) is 15.3. The van der Waals surface area contributed by atoms with Crippen molar-refractivity contribution in [1.29, 1.82) is 0 Å². The molecule has 0 amide bonds. The number of carbonyl (C=O) groups is 1. The molecule has 4 aromatic carbocycles. The fraction of sp³-hybridized carbons (Fsp3) is 0.179. The third-order valence-electron chi connectivity index (χ3n) is 7.90. The number of nitrogens with zero attached hydrogens (tertiary/aromatic N) is 1. The normalized spacial score (nSPS) is 11.2. The number of hydrogen-bond donors (Lipinski definition) is 0.